The van der Waals surface area contributed by atoms with Crippen LogP contribution in [0, 0.1) is 0 Å². The lowest BCUT2D eigenvalue weighted by Crippen LogP contribution is -2.12. The average Bonchev–Trinajstić information content (AvgIpc) is 2.58. The van der Waals surface area contributed by atoms with Crippen LogP contribution in [0.3, 0.4) is 0 Å². The highest BCUT2D eigenvalue weighted by Gasteiger charge is 2.22. The van der Waals surface area contributed by atoms with E-state index in [1.807, 2.05) is 12.1 Å². The Morgan fingerprint density at radius 3 is 2.62 bits per heavy atom. The van der Waals surface area contributed by atoms with E-state index in [0.29, 0.717) is 17.2 Å². The van der Waals surface area contributed by atoms with Crippen LogP contribution in [0.15, 0.2) is 35.9 Å². The van der Waals surface area contributed by atoms with Crippen molar-refractivity contribution in [2.75, 3.05) is 0 Å². The molecule has 0 radical (unpaired) electrons. The van der Waals surface area contributed by atoms with Gasteiger partial charge in [-0.25, -0.2) is 4.79 Å². The quantitative estimate of drug-likeness (QED) is 0.760. The number of rotatable bonds is 3. The van der Waals surface area contributed by atoms with Crippen molar-refractivity contribution in [1.29, 1.82) is 0 Å². The Kier molecular flexibility index (Phi) is 3.27. The lowest BCUT2D eigenvalue weighted by atomic mass is 10.2. The lowest BCUT2D eigenvalue weighted by molar-refractivity contribution is -0.160. The molecule has 4 heteroatoms. The summed E-state index contributed by atoms with van der Waals surface area (Å²) in [5.74, 6) is -0.318. The number of ether oxygens (including phenoxy) is 2. The number of halogens is 1. The summed E-state index contributed by atoms with van der Waals surface area (Å²) < 4.78 is 10.3. The van der Waals surface area contributed by atoms with Crippen LogP contribution in [-0.4, -0.2) is 12.3 Å². The van der Waals surface area contributed by atoms with Gasteiger partial charge in [0.25, 0.3) is 0 Å². The van der Waals surface area contributed by atoms with Crippen LogP contribution in [0.2, 0.25) is 5.02 Å². The van der Waals surface area contributed by atoms with Gasteiger partial charge in [0.1, 0.15) is 0 Å². The molecule has 3 nitrogen and oxygen atoms in total. The molecule has 1 unspecified atom stereocenters. The zero-order chi connectivity index (χ0) is 11.5. The van der Waals surface area contributed by atoms with Gasteiger partial charge in [0.2, 0.25) is 6.29 Å². The van der Waals surface area contributed by atoms with Gasteiger partial charge in [-0.05, 0) is 30.7 Å². The van der Waals surface area contributed by atoms with E-state index in [4.69, 9.17) is 21.1 Å². The van der Waals surface area contributed by atoms with Crippen molar-refractivity contribution in [2.45, 2.75) is 19.8 Å². The van der Waals surface area contributed by atoms with Crippen molar-refractivity contribution in [1.82, 2.24) is 0 Å². The molecule has 1 heterocycles. The molecule has 0 amide bonds. The molecule has 0 aliphatic carbocycles. The van der Waals surface area contributed by atoms with Crippen molar-refractivity contribution in [3.8, 4) is 0 Å². The number of carbonyl (C=O) groups is 1. The van der Waals surface area contributed by atoms with E-state index in [2.05, 4.69) is 0 Å². The van der Waals surface area contributed by atoms with Gasteiger partial charge in [-0.2, -0.15) is 0 Å². The Labute approximate surface area is 98.6 Å². The first-order valence-corrected chi connectivity index (χ1v) is 5.28. The van der Waals surface area contributed by atoms with Crippen molar-refractivity contribution >= 4 is 17.6 Å². The number of esters is 1. The molecule has 0 N–H and O–H groups in total. The van der Waals surface area contributed by atoms with Crippen LogP contribution in [0.4, 0.5) is 0 Å². The Balaban J connectivity index is 1.89. The molecule has 0 bridgehead atoms. The van der Waals surface area contributed by atoms with E-state index in [1.165, 1.54) is 0 Å². The smallest absolute Gasteiger partial charge is 0.336 e. The Bertz CT molecular complexity index is 422. The van der Waals surface area contributed by atoms with Crippen molar-refractivity contribution in [2.24, 2.45) is 0 Å². The minimum absolute atomic E-state index is 0.318. The predicted octanol–water partition coefficient (Wildman–Crippen LogP) is 2.69. The van der Waals surface area contributed by atoms with Gasteiger partial charge >= 0.3 is 5.97 Å². The van der Waals surface area contributed by atoms with Crippen LogP contribution in [0.5, 0.6) is 0 Å². The molecule has 0 saturated heterocycles. The monoisotopic (exact) mass is 238 g/mol. The molecule has 0 saturated carbocycles. The zero-order valence-corrected chi connectivity index (χ0v) is 9.53. The van der Waals surface area contributed by atoms with Gasteiger partial charge in [0.05, 0.1) is 6.61 Å². The molecule has 1 aliphatic heterocycles. The van der Waals surface area contributed by atoms with Crippen LogP contribution in [-0.2, 0) is 20.9 Å². The number of hydrogen-bond acceptors (Lipinski definition) is 3. The van der Waals surface area contributed by atoms with E-state index in [0.717, 1.165) is 5.56 Å². The molecular weight excluding hydrogens is 228 g/mol. The summed E-state index contributed by atoms with van der Waals surface area (Å²) in [7, 11) is 0. The summed E-state index contributed by atoms with van der Waals surface area (Å²) in [4.78, 5) is 11.1. The van der Waals surface area contributed by atoms with Crippen LogP contribution in [0.1, 0.15) is 12.5 Å². The molecule has 1 aromatic carbocycles. The third-order valence-electron chi connectivity index (χ3n) is 2.26. The SMILES string of the molecule is CC1=CC(OCc2ccc(Cl)cc2)OC1=O. The molecule has 0 spiro atoms. The third kappa shape index (κ3) is 2.62. The predicted molar refractivity (Wildman–Crippen MR) is 59.9 cm³/mol. The Morgan fingerprint density at radius 2 is 2.06 bits per heavy atom. The summed E-state index contributed by atoms with van der Waals surface area (Å²) in [5, 5.41) is 0.687. The highest BCUT2D eigenvalue weighted by Crippen LogP contribution is 2.16. The molecule has 0 aromatic heterocycles. The number of carbonyl (C=O) groups excluding carboxylic acids is 1. The normalized spacial score (nSPS) is 19.5. The second-order valence-electron chi connectivity index (χ2n) is 3.56. The molecule has 84 valence electrons. The van der Waals surface area contributed by atoms with E-state index in [-0.39, 0.29) is 5.97 Å². The lowest BCUT2D eigenvalue weighted by Gasteiger charge is -2.09. The molecular formula is C12H11ClO3. The maximum Gasteiger partial charge on any atom is 0.336 e. The maximum absolute atomic E-state index is 11.1. The van der Waals surface area contributed by atoms with Gasteiger partial charge in [0, 0.05) is 10.6 Å². The van der Waals surface area contributed by atoms with Crippen LogP contribution in [0.25, 0.3) is 0 Å². The zero-order valence-electron chi connectivity index (χ0n) is 8.77. The van der Waals surface area contributed by atoms with E-state index < -0.39 is 6.29 Å². The highest BCUT2D eigenvalue weighted by molar-refractivity contribution is 6.30. The second-order valence-corrected chi connectivity index (χ2v) is 4.00. The summed E-state index contributed by atoms with van der Waals surface area (Å²) in [6, 6.07) is 7.33. The summed E-state index contributed by atoms with van der Waals surface area (Å²) >= 11 is 5.76. The van der Waals surface area contributed by atoms with Gasteiger partial charge in [-0.3, -0.25) is 0 Å². The summed E-state index contributed by atoms with van der Waals surface area (Å²) in [5.41, 5.74) is 1.57. The minimum Gasteiger partial charge on any atom is -0.429 e. The minimum atomic E-state index is -0.567. The van der Waals surface area contributed by atoms with Gasteiger partial charge in [-0.1, -0.05) is 23.7 Å². The van der Waals surface area contributed by atoms with Crippen LogP contribution < -0.4 is 0 Å². The average molecular weight is 239 g/mol. The summed E-state index contributed by atoms with van der Waals surface area (Å²) in [6.07, 6.45) is 1.10. The topological polar surface area (TPSA) is 35.5 Å². The number of cyclic esters (lactones) is 1. The van der Waals surface area contributed by atoms with E-state index in [1.54, 1.807) is 25.1 Å². The fraction of sp³-hybridized carbons (Fsp3) is 0.250. The molecule has 1 atom stereocenters. The standard InChI is InChI=1S/C12H11ClO3/c1-8-6-11(16-12(8)14)15-7-9-2-4-10(13)5-3-9/h2-6,11H,7H2,1H3. The Morgan fingerprint density at radius 1 is 1.38 bits per heavy atom. The van der Waals surface area contributed by atoms with E-state index in [9.17, 15) is 4.79 Å². The van der Waals surface area contributed by atoms with Crippen molar-refractivity contribution < 1.29 is 14.3 Å². The molecule has 2 rings (SSSR count). The van der Waals surface area contributed by atoms with E-state index >= 15 is 0 Å². The molecule has 16 heavy (non-hydrogen) atoms. The highest BCUT2D eigenvalue weighted by atomic mass is 35.5. The van der Waals surface area contributed by atoms with Crippen molar-refractivity contribution in [3.05, 3.63) is 46.5 Å². The fourth-order valence-electron chi connectivity index (χ4n) is 1.35. The third-order valence-corrected chi connectivity index (χ3v) is 2.51. The first-order chi connectivity index (χ1) is 7.65. The molecule has 1 aromatic rings. The number of benzene rings is 1. The second kappa shape index (κ2) is 4.68. The van der Waals surface area contributed by atoms with Gasteiger partial charge < -0.3 is 9.47 Å². The van der Waals surface area contributed by atoms with Gasteiger partial charge in [0.15, 0.2) is 0 Å². The first-order valence-electron chi connectivity index (χ1n) is 4.90. The molecule has 1 aliphatic rings. The fourth-order valence-corrected chi connectivity index (χ4v) is 1.47. The summed E-state index contributed by atoms with van der Waals surface area (Å²) in [6.45, 7) is 2.09. The largest absolute Gasteiger partial charge is 0.429 e. The van der Waals surface area contributed by atoms with Crippen LogP contribution >= 0.6 is 11.6 Å². The van der Waals surface area contributed by atoms with Crippen molar-refractivity contribution in [3.63, 3.8) is 0 Å². The first kappa shape index (κ1) is 11.2. The maximum atomic E-state index is 11.1. The molecule has 0 fully saturated rings. The number of hydrogen-bond donors (Lipinski definition) is 0. The Hall–Kier alpha value is -1.32. The van der Waals surface area contributed by atoms with Gasteiger partial charge in [-0.15, -0.1) is 0 Å².